The predicted octanol–water partition coefficient (Wildman–Crippen LogP) is 0.804. The summed E-state index contributed by atoms with van der Waals surface area (Å²) in [7, 11) is 0. The maximum atomic E-state index is 8.26. The van der Waals surface area contributed by atoms with Gasteiger partial charge in [-0.2, -0.15) is 0 Å². The highest BCUT2D eigenvalue weighted by Gasteiger charge is 2.11. The van der Waals surface area contributed by atoms with Crippen molar-refractivity contribution in [3.63, 3.8) is 0 Å². The Labute approximate surface area is 36.0 Å². The molecular weight excluding hydrogens is 80.0 g/mol. The lowest BCUT2D eigenvalue weighted by Crippen LogP contribution is -2.14. The summed E-state index contributed by atoms with van der Waals surface area (Å²) in [5, 5.41) is 8.26. The molecule has 0 saturated carbocycles. The molecule has 1 heterocycles. The Bertz CT molecular complexity index is 85.5. The maximum absolute atomic E-state index is 8.26. The van der Waals surface area contributed by atoms with Crippen LogP contribution >= 0.6 is 0 Å². The second-order valence-corrected chi connectivity index (χ2v) is 1.33. The van der Waals surface area contributed by atoms with Crippen molar-refractivity contribution in [2.45, 2.75) is 13.0 Å². The van der Waals surface area contributed by atoms with Crippen molar-refractivity contribution >= 4 is 0 Å². The van der Waals surface area contributed by atoms with Crippen LogP contribution in [-0.2, 0) is 4.74 Å². The van der Waals surface area contributed by atoms with Crippen molar-refractivity contribution in [1.82, 2.24) is 0 Å². The number of hydrogen-bond acceptors (Lipinski definition) is 2. The summed E-state index contributed by atoms with van der Waals surface area (Å²) in [5.41, 5.74) is 0. The molecule has 0 spiro atoms. The normalized spacial score (nSPS) is 30.2. The van der Waals surface area contributed by atoms with Crippen molar-refractivity contribution in [3.8, 4) is 0 Å². The van der Waals surface area contributed by atoms with Gasteiger partial charge in [-0.15, -0.1) is 0 Å². The van der Waals surface area contributed by atoms with E-state index in [0.717, 1.165) is 0 Å². The van der Waals surface area contributed by atoms with E-state index in [1.807, 2.05) is 6.92 Å². The molecule has 1 atom stereocenters. The van der Waals surface area contributed by atoms with Crippen LogP contribution in [-0.4, -0.2) is 11.2 Å². The van der Waals surface area contributed by atoms with Crippen LogP contribution < -0.4 is 0 Å². The second-order valence-electron chi connectivity index (χ2n) is 1.33. The van der Waals surface area contributed by atoms with Crippen LogP contribution in [0.15, 0.2) is 12.0 Å². The molecule has 1 N–H and O–H groups in total. The molecule has 0 radical (unpaired) electrons. The summed E-state index contributed by atoms with van der Waals surface area (Å²) in [6.07, 6.45) is 1.77. The fraction of sp³-hybridized carbons (Fsp3) is 0.500. The molecule has 1 rings (SSSR count). The average Bonchev–Trinajstić information content (AvgIpc) is 1.33. The van der Waals surface area contributed by atoms with Gasteiger partial charge < -0.3 is 9.84 Å². The standard InChI is InChI=1S/C4H6O2/c1-3-2-4(5)6-3/h2-3,5H,1H3. The molecule has 0 amide bonds. The molecule has 1 aliphatic heterocycles. The van der Waals surface area contributed by atoms with Crippen molar-refractivity contribution < 1.29 is 9.84 Å². The molecule has 2 nitrogen and oxygen atoms in total. The highest BCUT2D eigenvalue weighted by Crippen LogP contribution is 2.11. The number of ether oxygens (including phenoxy) is 1. The van der Waals surface area contributed by atoms with Gasteiger partial charge in [0.05, 0.1) is 0 Å². The zero-order valence-electron chi connectivity index (χ0n) is 3.51. The minimum absolute atomic E-state index is 0.0579. The number of aliphatic hydroxyl groups is 1. The van der Waals surface area contributed by atoms with Crippen molar-refractivity contribution in [2.75, 3.05) is 0 Å². The molecule has 0 fully saturated rings. The fourth-order valence-electron chi connectivity index (χ4n) is 0.392. The fourth-order valence-corrected chi connectivity index (χ4v) is 0.392. The Morgan fingerprint density at radius 3 is 2.50 bits per heavy atom. The molecule has 0 aromatic carbocycles. The van der Waals surface area contributed by atoms with E-state index in [4.69, 9.17) is 5.11 Å². The molecule has 2 heteroatoms. The summed E-state index contributed by atoms with van der Waals surface area (Å²) in [6.45, 7) is 1.86. The van der Waals surface area contributed by atoms with Gasteiger partial charge in [0.15, 0.2) is 0 Å². The molecule has 1 unspecified atom stereocenters. The zero-order chi connectivity index (χ0) is 4.57. The van der Waals surface area contributed by atoms with Crippen LogP contribution in [0.2, 0.25) is 0 Å². The van der Waals surface area contributed by atoms with E-state index < -0.39 is 0 Å². The number of rotatable bonds is 0. The van der Waals surface area contributed by atoms with Gasteiger partial charge in [0, 0.05) is 6.08 Å². The van der Waals surface area contributed by atoms with Crippen LogP contribution in [0.1, 0.15) is 6.92 Å². The summed E-state index contributed by atoms with van der Waals surface area (Å²) >= 11 is 0. The lowest BCUT2D eigenvalue weighted by atomic mass is 10.3. The van der Waals surface area contributed by atoms with E-state index in [-0.39, 0.29) is 12.0 Å². The molecule has 1 aliphatic rings. The van der Waals surface area contributed by atoms with Gasteiger partial charge in [0.2, 0.25) is 0 Å². The Hall–Kier alpha value is -0.660. The van der Waals surface area contributed by atoms with Gasteiger partial charge in [0.1, 0.15) is 6.10 Å². The van der Waals surface area contributed by atoms with E-state index in [1.54, 1.807) is 6.08 Å². The summed E-state index contributed by atoms with van der Waals surface area (Å²) < 4.78 is 4.56. The quantitative estimate of drug-likeness (QED) is 0.472. The summed E-state index contributed by atoms with van der Waals surface area (Å²) in [6, 6.07) is 0. The van der Waals surface area contributed by atoms with Crippen LogP contribution in [0.25, 0.3) is 0 Å². The maximum Gasteiger partial charge on any atom is 0.276 e. The van der Waals surface area contributed by atoms with Gasteiger partial charge in [-0.25, -0.2) is 0 Å². The first-order valence-electron chi connectivity index (χ1n) is 1.86. The lowest BCUT2D eigenvalue weighted by molar-refractivity contribution is 0.0166. The molecule has 34 valence electrons. The zero-order valence-corrected chi connectivity index (χ0v) is 3.51. The van der Waals surface area contributed by atoms with Crippen LogP contribution in [0.5, 0.6) is 0 Å². The smallest absolute Gasteiger partial charge is 0.276 e. The Morgan fingerprint density at radius 1 is 2.00 bits per heavy atom. The highest BCUT2D eigenvalue weighted by molar-refractivity contribution is 4.97. The van der Waals surface area contributed by atoms with E-state index >= 15 is 0 Å². The Morgan fingerprint density at radius 2 is 2.50 bits per heavy atom. The topological polar surface area (TPSA) is 29.5 Å². The summed E-state index contributed by atoms with van der Waals surface area (Å²) in [5.74, 6) is 0.0579. The first kappa shape index (κ1) is 3.53. The third-order valence-electron chi connectivity index (χ3n) is 0.684. The van der Waals surface area contributed by atoms with E-state index in [2.05, 4.69) is 4.74 Å². The van der Waals surface area contributed by atoms with E-state index in [9.17, 15) is 0 Å². The monoisotopic (exact) mass is 86.0 g/mol. The van der Waals surface area contributed by atoms with Gasteiger partial charge in [-0.3, -0.25) is 0 Å². The van der Waals surface area contributed by atoms with Crippen LogP contribution in [0.4, 0.5) is 0 Å². The van der Waals surface area contributed by atoms with Crippen LogP contribution in [0.3, 0.4) is 0 Å². The SMILES string of the molecule is CC1C=C(O)O1. The van der Waals surface area contributed by atoms with Gasteiger partial charge in [-0.1, -0.05) is 0 Å². The molecule has 0 aromatic rings. The highest BCUT2D eigenvalue weighted by atomic mass is 16.6. The Balaban J connectivity index is 2.46. The molecular formula is C4H6O2. The minimum Gasteiger partial charge on any atom is -0.481 e. The molecule has 0 aliphatic carbocycles. The second kappa shape index (κ2) is 0.899. The summed E-state index contributed by atoms with van der Waals surface area (Å²) in [4.78, 5) is 0. The number of aliphatic hydroxyl groups excluding tert-OH is 1. The van der Waals surface area contributed by atoms with Crippen molar-refractivity contribution in [3.05, 3.63) is 12.0 Å². The first-order valence-corrected chi connectivity index (χ1v) is 1.86. The van der Waals surface area contributed by atoms with Gasteiger partial charge in [0.25, 0.3) is 5.95 Å². The Kier molecular flexibility index (Phi) is 0.528. The van der Waals surface area contributed by atoms with E-state index in [0.29, 0.717) is 0 Å². The third-order valence-corrected chi connectivity index (χ3v) is 0.684. The van der Waals surface area contributed by atoms with Crippen molar-refractivity contribution in [2.24, 2.45) is 0 Å². The molecule has 0 saturated heterocycles. The average molecular weight is 86.1 g/mol. The predicted molar refractivity (Wildman–Crippen MR) is 21.3 cm³/mol. The van der Waals surface area contributed by atoms with Gasteiger partial charge >= 0.3 is 0 Å². The van der Waals surface area contributed by atoms with E-state index in [1.165, 1.54) is 0 Å². The third kappa shape index (κ3) is 0.339. The number of hydrogen-bond donors (Lipinski definition) is 1. The van der Waals surface area contributed by atoms with Crippen molar-refractivity contribution in [1.29, 1.82) is 0 Å². The molecule has 0 aromatic heterocycles. The lowest BCUT2D eigenvalue weighted by Gasteiger charge is -2.17. The van der Waals surface area contributed by atoms with Gasteiger partial charge in [-0.05, 0) is 6.92 Å². The molecule has 6 heavy (non-hydrogen) atoms. The largest absolute Gasteiger partial charge is 0.481 e. The minimum atomic E-state index is 0.0579. The first-order chi connectivity index (χ1) is 2.79. The molecule has 0 bridgehead atoms. The van der Waals surface area contributed by atoms with Crippen LogP contribution in [0, 0.1) is 0 Å².